The van der Waals surface area contributed by atoms with Crippen LogP contribution in [0.25, 0.3) is 11.2 Å². The first kappa shape index (κ1) is 21.7. The molecule has 0 bridgehead atoms. The van der Waals surface area contributed by atoms with Crippen LogP contribution in [-0.4, -0.2) is 37.0 Å². The van der Waals surface area contributed by atoms with Gasteiger partial charge in [-0.15, -0.1) is 0 Å². The molecule has 9 heteroatoms. The molecule has 0 amide bonds. The van der Waals surface area contributed by atoms with Gasteiger partial charge in [0.1, 0.15) is 6.54 Å². The van der Waals surface area contributed by atoms with E-state index in [0.717, 1.165) is 4.57 Å². The van der Waals surface area contributed by atoms with Gasteiger partial charge in [-0.05, 0) is 24.3 Å². The highest BCUT2D eigenvalue weighted by molar-refractivity contribution is 5.98. The third-order valence-electron chi connectivity index (χ3n) is 6.19. The second-order valence-corrected chi connectivity index (χ2v) is 8.29. The molecule has 0 aliphatic heterocycles. The molecule has 0 atom stereocenters. The number of rotatable bonds is 6. The molecule has 9 nitrogen and oxygen atoms in total. The second kappa shape index (κ2) is 8.94. The van der Waals surface area contributed by atoms with Crippen LogP contribution < -0.4 is 11.2 Å². The molecule has 1 aromatic carbocycles. The number of hydrogen-bond donors (Lipinski definition) is 0. The molecule has 4 rings (SSSR count). The van der Waals surface area contributed by atoms with Crippen molar-refractivity contribution in [3.8, 4) is 0 Å². The Morgan fingerprint density at radius 2 is 1.72 bits per heavy atom. The van der Waals surface area contributed by atoms with Crippen LogP contribution in [0, 0.1) is 0 Å². The quantitative estimate of drug-likeness (QED) is 0.430. The Kier molecular flexibility index (Phi) is 6.07. The van der Waals surface area contributed by atoms with E-state index in [2.05, 4.69) is 4.98 Å². The largest absolute Gasteiger partial charge is 0.456 e. The molecular weight excluding hydrogens is 412 g/mol. The molecule has 1 aliphatic carbocycles. The molecule has 0 N–H and O–H groups in total. The number of aryl methyl sites for hydroxylation is 1. The number of Topliss-reactive ketones (excluding diaryl/α,β-unsaturated/α-hetero) is 1. The molecule has 1 aliphatic rings. The number of carbonyl (C=O) groups is 2. The van der Waals surface area contributed by atoms with E-state index in [1.807, 2.05) is 12.1 Å². The fourth-order valence-electron chi connectivity index (χ4n) is 4.31. The number of aromatic nitrogens is 4. The van der Waals surface area contributed by atoms with Crippen LogP contribution in [0.15, 0.2) is 40.2 Å². The summed E-state index contributed by atoms with van der Waals surface area (Å²) >= 11 is 0. The topological polar surface area (TPSA) is 105 Å². The lowest BCUT2D eigenvalue weighted by atomic mass is 9.84. The molecule has 0 radical (unpaired) electrons. The number of carbonyl (C=O) groups excluding carboxylic acids is 2. The molecule has 2 heterocycles. The van der Waals surface area contributed by atoms with E-state index >= 15 is 0 Å². The lowest BCUT2D eigenvalue weighted by Gasteiger charge is -2.22. The number of nitrogens with zero attached hydrogens (tertiary/aromatic N) is 4. The van der Waals surface area contributed by atoms with Gasteiger partial charge < -0.3 is 9.30 Å². The van der Waals surface area contributed by atoms with Crippen LogP contribution in [0.1, 0.15) is 53.9 Å². The Bertz CT molecular complexity index is 1280. The highest BCUT2D eigenvalue weighted by atomic mass is 16.5. The van der Waals surface area contributed by atoms with Gasteiger partial charge in [0.2, 0.25) is 0 Å². The Morgan fingerprint density at radius 3 is 2.41 bits per heavy atom. The molecular formula is C23H26N4O5. The normalized spacial score (nSPS) is 14.6. The van der Waals surface area contributed by atoms with E-state index in [0.29, 0.717) is 11.5 Å². The third kappa shape index (κ3) is 4.15. The van der Waals surface area contributed by atoms with Crippen LogP contribution in [0.2, 0.25) is 0 Å². The number of imidazole rings is 1. The van der Waals surface area contributed by atoms with Crippen molar-refractivity contribution in [1.82, 2.24) is 18.7 Å². The van der Waals surface area contributed by atoms with Gasteiger partial charge in [0, 0.05) is 19.7 Å². The molecule has 0 saturated heterocycles. The molecule has 2 aromatic heterocycles. The number of fused-ring (bicyclic) bond motifs is 1. The van der Waals surface area contributed by atoms with E-state index in [9.17, 15) is 19.2 Å². The molecule has 1 fully saturated rings. The monoisotopic (exact) mass is 438 g/mol. The molecule has 0 spiro atoms. The van der Waals surface area contributed by atoms with Gasteiger partial charge in [0.05, 0.1) is 6.33 Å². The summed E-state index contributed by atoms with van der Waals surface area (Å²) in [7, 11) is 2.86. The Morgan fingerprint density at radius 1 is 1.03 bits per heavy atom. The van der Waals surface area contributed by atoms with Crippen LogP contribution >= 0.6 is 0 Å². The summed E-state index contributed by atoms with van der Waals surface area (Å²) in [4.78, 5) is 53.2. The summed E-state index contributed by atoms with van der Waals surface area (Å²) in [5.74, 6) is -0.405. The molecule has 0 unspecified atom stereocenters. The van der Waals surface area contributed by atoms with E-state index in [4.69, 9.17) is 4.74 Å². The Hall–Kier alpha value is -3.49. The Balaban J connectivity index is 1.39. The molecule has 32 heavy (non-hydrogen) atoms. The average molecular weight is 438 g/mol. The van der Waals surface area contributed by atoms with Crippen molar-refractivity contribution in [2.24, 2.45) is 14.1 Å². The first-order valence-corrected chi connectivity index (χ1v) is 10.8. The predicted molar refractivity (Wildman–Crippen MR) is 118 cm³/mol. The van der Waals surface area contributed by atoms with Gasteiger partial charge >= 0.3 is 11.7 Å². The van der Waals surface area contributed by atoms with Crippen molar-refractivity contribution >= 4 is 22.9 Å². The molecule has 1 saturated carbocycles. The molecule has 3 aromatic rings. The van der Waals surface area contributed by atoms with E-state index in [1.165, 1.54) is 67.2 Å². The van der Waals surface area contributed by atoms with Crippen molar-refractivity contribution in [2.75, 3.05) is 6.61 Å². The van der Waals surface area contributed by atoms with Gasteiger partial charge in [-0.3, -0.25) is 23.5 Å². The maximum Gasteiger partial charge on any atom is 0.332 e. The van der Waals surface area contributed by atoms with Crippen molar-refractivity contribution in [2.45, 2.75) is 44.6 Å². The average Bonchev–Trinajstić information content (AvgIpc) is 3.24. The van der Waals surface area contributed by atoms with E-state index in [-0.39, 0.29) is 30.1 Å². The molecule has 168 valence electrons. The van der Waals surface area contributed by atoms with Crippen LogP contribution in [0.4, 0.5) is 0 Å². The zero-order chi connectivity index (χ0) is 22.8. The second-order valence-electron chi connectivity index (χ2n) is 8.29. The smallest absolute Gasteiger partial charge is 0.332 e. The highest BCUT2D eigenvalue weighted by Gasteiger charge is 2.18. The first-order valence-electron chi connectivity index (χ1n) is 10.8. The van der Waals surface area contributed by atoms with Gasteiger partial charge in [0.25, 0.3) is 5.56 Å². The number of ketones is 1. The minimum Gasteiger partial charge on any atom is -0.456 e. The summed E-state index contributed by atoms with van der Waals surface area (Å²) < 4.78 is 8.64. The van der Waals surface area contributed by atoms with Crippen molar-refractivity contribution in [3.63, 3.8) is 0 Å². The van der Waals surface area contributed by atoms with Gasteiger partial charge in [-0.1, -0.05) is 43.5 Å². The highest BCUT2D eigenvalue weighted by Crippen LogP contribution is 2.32. The first-order chi connectivity index (χ1) is 15.4. The van der Waals surface area contributed by atoms with Gasteiger partial charge in [0.15, 0.2) is 23.6 Å². The summed E-state index contributed by atoms with van der Waals surface area (Å²) in [6, 6.07) is 7.55. The van der Waals surface area contributed by atoms with Crippen LogP contribution in [0.3, 0.4) is 0 Å². The van der Waals surface area contributed by atoms with E-state index in [1.54, 1.807) is 12.1 Å². The minimum atomic E-state index is -0.674. The lowest BCUT2D eigenvalue weighted by Crippen LogP contribution is -2.37. The van der Waals surface area contributed by atoms with E-state index < -0.39 is 17.2 Å². The number of esters is 1. The van der Waals surface area contributed by atoms with Crippen LogP contribution in [-0.2, 0) is 30.2 Å². The number of hydrogen-bond acceptors (Lipinski definition) is 6. The maximum atomic E-state index is 12.4. The van der Waals surface area contributed by atoms with Crippen molar-refractivity contribution in [1.29, 1.82) is 0 Å². The van der Waals surface area contributed by atoms with Crippen LogP contribution in [0.5, 0.6) is 0 Å². The minimum absolute atomic E-state index is 0.121. The summed E-state index contributed by atoms with van der Waals surface area (Å²) in [5, 5.41) is 0. The van der Waals surface area contributed by atoms with Gasteiger partial charge in [-0.2, -0.15) is 0 Å². The zero-order valence-corrected chi connectivity index (χ0v) is 18.2. The third-order valence-corrected chi connectivity index (χ3v) is 6.19. The predicted octanol–water partition coefficient (Wildman–Crippen LogP) is 1.91. The fourth-order valence-corrected chi connectivity index (χ4v) is 4.31. The summed E-state index contributed by atoms with van der Waals surface area (Å²) in [6.45, 7) is -0.678. The number of benzene rings is 1. The summed E-state index contributed by atoms with van der Waals surface area (Å²) in [5.41, 5.74) is 0.990. The van der Waals surface area contributed by atoms with Gasteiger partial charge in [-0.25, -0.2) is 9.78 Å². The summed E-state index contributed by atoms with van der Waals surface area (Å²) in [6.07, 6.45) is 7.46. The Labute approximate surface area is 184 Å². The van der Waals surface area contributed by atoms with Crippen molar-refractivity contribution < 1.29 is 14.3 Å². The standard InChI is InChI=1S/C23H26N4O5/c1-25-21-20(22(30)26(2)23(25)31)27(14-24-21)12-19(29)32-13-18(28)17-10-8-16(9-11-17)15-6-4-3-5-7-15/h8-11,14-15H,3-7,12-13H2,1-2H3. The lowest BCUT2D eigenvalue weighted by molar-refractivity contribution is -0.143. The van der Waals surface area contributed by atoms with Crippen molar-refractivity contribution in [3.05, 3.63) is 62.6 Å². The zero-order valence-electron chi connectivity index (χ0n) is 18.2. The SMILES string of the molecule is Cn1c(=O)c2c(ncn2CC(=O)OCC(=O)c2ccc(C3CCCCC3)cc2)n(C)c1=O. The maximum absolute atomic E-state index is 12.4. The fraction of sp³-hybridized carbons (Fsp3) is 0.435. The number of ether oxygens (including phenoxy) is 1.